The molecule has 0 atom stereocenters. The van der Waals surface area contributed by atoms with E-state index in [0.29, 0.717) is 24.0 Å². The largest absolute Gasteiger partial charge is 0.353 e. The van der Waals surface area contributed by atoms with Gasteiger partial charge < -0.3 is 10.2 Å². The summed E-state index contributed by atoms with van der Waals surface area (Å²) >= 11 is 1.47. The minimum atomic E-state index is -0.367. The summed E-state index contributed by atoms with van der Waals surface area (Å²) in [5, 5.41) is 8.23. The highest BCUT2D eigenvalue weighted by Gasteiger charge is 2.30. The lowest BCUT2D eigenvalue weighted by molar-refractivity contribution is -0.140. The van der Waals surface area contributed by atoms with Crippen molar-refractivity contribution in [2.24, 2.45) is 5.41 Å². The summed E-state index contributed by atoms with van der Waals surface area (Å²) in [5.74, 6) is 0.706. The van der Waals surface area contributed by atoms with E-state index in [0.717, 1.165) is 29.8 Å². The molecule has 29 heavy (non-hydrogen) atoms. The Kier molecular flexibility index (Phi) is 6.16. The molecular weight excluding hydrogens is 388 g/mol. The molecule has 2 aromatic rings. The topological polar surface area (TPSA) is 92.5 Å². The Balaban J connectivity index is 1.62. The third-order valence-electron chi connectivity index (χ3n) is 5.34. The summed E-state index contributed by atoms with van der Waals surface area (Å²) in [6.45, 7) is 11.0. The van der Waals surface area contributed by atoms with Crippen LogP contribution in [0.15, 0.2) is 5.16 Å². The molecule has 0 bridgehead atoms. The van der Waals surface area contributed by atoms with Gasteiger partial charge in [0.05, 0.1) is 6.42 Å². The van der Waals surface area contributed by atoms with Crippen molar-refractivity contribution in [3.05, 3.63) is 17.0 Å². The molecule has 3 heterocycles. The van der Waals surface area contributed by atoms with Crippen LogP contribution in [0.1, 0.15) is 50.6 Å². The fourth-order valence-electron chi connectivity index (χ4n) is 3.67. The minimum Gasteiger partial charge on any atom is -0.353 e. The lowest BCUT2D eigenvalue weighted by atomic mass is 9.93. The third-order valence-corrected chi connectivity index (χ3v) is 5.88. The maximum atomic E-state index is 12.7. The van der Waals surface area contributed by atoms with Gasteiger partial charge in [0.25, 0.3) is 5.78 Å². The fourth-order valence-corrected chi connectivity index (χ4v) is 4.01. The Morgan fingerprint density at radius 3 is 2.41 bits per heavy atom. The van der Waals surface area contributed by atoms with Crippen LogP contribution in [0.5, 0.6) is 0 Å². The number of likely N-dealkylation sites (tertiary alicyclic amines) is 1. The van der Waals surface area contributed by atoms with Gasteiger partial charge >= 0.3 is 0 Å². The van der Waals surface area contributed by atoms with Crippen LogP contribution < -0.4 is 5.32 Å². The van der Waals surface area contributed by atoms with Crippen molar-refractivity contribution in [1.29, 1.82) is 0 Å². The minimum absolute atomic E-state index is 0.0249. The van der Waals surface area contributed by atoms with Crippen LogP contribution >= 0.6 is 11.8 Å². The van der Waals surface area contributed by atoms with Gasteiger partial charge in [0.2, 0.25) is 17.0 Å². The molecule has 0 radical (unpaired) electrons. The lowest BCUT2D eigenvalue weighted by Crippen LogP contribution is -2.49. The van der Waals surface area contributed by atoms with Crippen molar-refractivity contribution in [2.75, 3.05) is 19.3 Å². The second-order valence-electron chi connectivity index (χ2n) is 8.63. The standard InChI is InChI=1S/C20H30N6O2S/c1-12-15(13(2)26-18(21-12)23-19(24-26)29-6)11-16(27)22-14-7-9-25(10-8-14)17(28)20(3,4)5/h14H,7-11H2,1-6H3,(H,22,27). The van der Waals surface area contributed by atoms with Gasteiger partial charge in [-0.3, -0.25) is 9.59 Å². The van der Waals surface area contributed by atoms with Gasteiger partial charge in [-0.25, -0.2) is 9.50 Å². The summed E-state index contributed by atoms with van der Waals surface area (Å²) in [6.07, 6.45) is 3.74. The predicted molar refractivity (Wildman–Crippen MR) is 113 cm³/mol. The van der Waals surface area contributed by atoms with Gasteiger partial charge in [-0.05, 0) is 32.9 Å². The van der Waals surface area contributed by atoms with Crippen LogP contribution in [0, 0.1) is 19.3 Å². The Morgan fingerprint density at radius 1 is 1.17 bits per heavy atom. The second-order valence-corrected chi connectivity index (χ2v) is 9.41. The maximum Gasteiger partial charge on any atom is 0.253 e. The van der Waals surface area contributed by atoms with E-state index in [1.165, 1.54) is 11.8 Å². The van der Waals surface area contributed by atoms with E-state index in [-0.39, 0.29) is 29.7 Å². The molecule has 0 unspecified atom stereocenters. The van der Waals surface area contributed by atoms with Gasteiger partial charge in [0.1, 0.15) is 0 Å². The molecule has 1 saturated heterocycles. The maximum absolute atomic E-state index is 12.7. The molecule has 9 heteroatoms. The summed E-state index contributed by atoms with van der Waals surface area (Å²) in [7, 11) is 0. The van der Waals surface area contributed by atoms with E-state index in [4.69, 9.17) is 0 Å². The Hall–Kier alpha value is -2.16. The van der Waals surface area contributed by atoms with Gasteiger partial charge in [0, 0.05) is 41.5 Å². The predicted octanol–water partition coefficient (Wildman–Crippen LogP) is 2.16. The van der Waals surface area contributed by atoms with E-state index in [2.05, 4.69) is 20.4 Å². The van der Waals surface area contributed by atoms with Crippen molar-refractivity contribution in [1.82, 2.24) is 29.8 Å². The van der Waals surface area contributed by atoms with E-state index in [9.17, 15) is 9.59 Å². The molecule has 2 aromatic heterocycles. The average molecular weight is 419 g/mol. The van der Waals surface area contributed by atoms with E-state index < -0.39 is 0 Å². The number of hydrogen-bond acceptors (Lipinski definition) is 6. The molecule has 2 amide bonds. The molecular formula is C20H30N6O2S. The average Bonchev–Trinajstić information content (AvgIpc) is 3.07. The summed E-state index contributed by atoms with van der Waals surface area (Å²) < 4.78 is 1.71. The number of fused-ring (bicyclic) bond motifs is 1. The molecule has 0 saturated carbocycles. The highest BCUT2D eigenvalue weighted by Crippen LogP contribution is 2.21. The highest BCUT2D eigenvalue weighted by molar-refractivity contribution is 7.98. The second kappa shape index (κ2) is 8.30. The van der Waals surface area contributed by atoms with Gasteiger partial charge in [-0.15, -0.1) is 5.10 Å². The summed E-state index contributed by atoms with van der Waals surface area (Å²) in [6, 6.07) is 0.0956. The number of carbonyl (C=O) groups excluding carboxylic acids is 2. The first kappa shape index (κ1) is 21.5. The monoisotopic (exact) mass is 418 g/mol. The number of rotatable bonds is 4. The number of aryl methyl sites for hydroxylation is 2. The first-order valence-electron chi connectivity index (χ1n) is 9.95. The van der Waals surface area contributed by atoms with Crippen molar-refractivity contribution in [3.8, 4) is 0 Å². The van der Waals surface area contributed by atoms with Crippen molar-refractivity contribution in [3.63, 3.8) is 0 Å². The number of amides is 2. The van der Waals surface area contributed by atoms with Crippen molar-refractivity contribution in [2.45, 2.75) is 65.1 Å². The molecule has 1 fully saturated rings. The normalized spacial score (nSPS) is 15.7. The molecule has 1 N–H and O–H groups in total. The van der Waals surface area contributed by atoms with Crippen LogP contribution in [-0.2, 0) is 16.0 Å². The Bertz CT molecular complexity index is 925. The van der Waals surface area contributed by atoms with E-state index in [1.807, 2.05) is 45.8 Å². The molecule has 1 aliphatic rings. The van der Waals surface area contributed by atoms with Crippen molar-refractivity contribution >= 4 is 29.4 Å². The SMILES string of the molecule is CSc1nc2nc(C)c(CC(=O)NC3CCN(C(=O)C(C)(C)C)CC3)c(C)n2n1. The number of nitrogens with zero attached hydrogens (tertiary/aromatic N) is 5. The third kappa shape index (κ3) is 4.71. The molecule has 0 aliphatic carbocycles. The molecule has 1 aliphatic heterocycles. The zero-order chi connectivity index (χ0) is 21.3. The lowest BCUT2D eigenvalue weighted by Gasteiger charge is -2.36. The Morgan fingerprint density at radius 2 is 1.83 bits per heavy atom. The molecule has 3 rings (SSSR count). The van der Waals surface area contributed by atoms with Crippen LogP contribution in [-0.4, -0.2) is 61.7 Å². The van der Waals surface area contributed by atoms with Crippen LogP contribution in [0.3, 0.4) is 0 Å². The number of aromatic nitrogens is 4. The summed E-state index contributed by atoms with van der Waals surface area (Å²) in [5.41, 5.74) is 2.21. The Labute approximate surface area is 175 Å². The fraction of sp³-hybridized carbons (Fsp3) is 0.650. The van der Waals surface area contributed by atoms with E-state index >= 15 is 0 Å². The molecule has 158 valence electrons. The number of thioether (sulfide) groups is 1. The first-order valence-corrected chi connectivity index (χ1v) is 11.2. The zero-order valence-corrected chi connectivity index (χ0v) is 18.9. The highest BCUT2D eigenvalue weighted by atomic mass is 32.2. The van der Waals surface area contributed by atoms with E-state index in [1.54, 1.807) is 4.52 Å². The summed E-state index contributed by atoms with van der Waals surface area (Å²) in [4.78, 5) is 35.9. The van der Waals surface area contributed by atoms with Gasteiger partial charge in [-0.1, -0.05) is 32.5 Å². The number of nitrogens with one attached hydrogen (secondary N) is 1. The van der Waals surface area contributed by atoms with Crippen LogP contribution in [0.25, 0.3) is 5.78 Å². The number of piperidine rings is 1. The number of carbonyl (C=O) groups is 2. The zero-order valence-electron chi connectivity index (χ0n) is 18.1. The number of hydrogen-bond donors (Lipinski definition) is 1. The molecule has 0 spiro atoms. The smallest absolute Gasteiger partial charge is 0.253 e. The first-order chi connectivity index (χ1) is 13.6. The van der Waals surface area contributed by atoms with Crippen LogP contribution in [0.2, 0.25) is 0 Å². The quantitative estimate of drug-likeness (QED) is 0.765. The van der Waals surface area contributed by atoms with Crippen LogP contribution in [0.4, 0.5) is 0 Å². The molecule has 0 aromatic carbocycles. The van der Waals surface area contributed by atoms with Gasteiger partial charge in [0.15, 0.2) is 0 Å². The van der Waals surface area contributed by atoms with Crippen molar-refractivity contribution < 1.29 is 9.59 Å². The van der Waals surface area contributed by atoms with Gasteiger partial charge in [-0.2, -0.15) is 4.98 Å². The molecule has 8 nitrogen and oxygen atoms in total.